The molecule has 38 heavy (non-hydrogen) atoms. The van der Waals surface area contributed by atoms with Gasteiger partial charge in [0.15, 0.2) is 0 Å². The number of phenolic OH excluding ortho intramolecular Hbond substituents is 1. The van der Waals surface area contributed by atoms with Gasteiger partial charge < -0.3 is 9.84 Å². The van der Waals surface area contributed by atoms with E-state index in [1.165, 1.54) is 96.3 Å². The first-order valence-electron chi connectivity index (χ1n) is 16.0. The predicted molar refractivity (Wildman–Crippen MR) is 165 cm³/mol. The highest BCUT2D eigenvalue weighted by molar-refractivity contribution is 5.74. The Morgan fingerprint density at radius 2 is 1.11 bits per heavy atom. The third-order valence-corrected chi connectivity index (χ3v) is 7.71. The molecule has 220 valence electrons. The second-order valence-corrected chi connectivity index (χ2v) is 13.5. The number of rotatable bonds is 19. The maximum Gasteiger partial charge on any atom is 0.310 e. The van der Waals surface area contributed by atoms with Crippen LogP contribution >= 0.6 is 0 Å². The first-order valence-corrected chi connectivity index (χ1v) is 16.0. The van der Waals surface area contributed by atoms with Gasteiger partial charge in [0.1, 0.15) is 11.5 Å². The topological polar surface area (TPSA) is 46.5 Å². The largest absolute Gasteiger partial charge is 0.508 e. The summed E-state index contributed by atoms with van der Waals surface area (Å²) in [6, 6.07) is 1.84. The number of phenols is 1. The number of aromatic hydroxyl groups is 1. The molecule has 3 nitrogen and oxygen atoms in total. The molecule has 0 saturated heterocycles. The number of ether oxygens (including phenoxy) is 1. The van der Waals surface area contributed by atoms with Crippen LogP contribution in [0, 0.1) is 0 Å². The summed E-state index contributed by atoms with van der Waals surface area (Å²) in [5, 5.41) is 11.1. The van der Waals surface area contributed by atoms with E-state index < -0.39 is 0 Å². The van der Waals surface area contributed by atoms with E-state index in [9.17, 15) is 9.90 Å². The van der Waals surface area contributed by atoms with Crippen molar-refractivity contribution in [2.24, 2.45) is 0 Å². The monoisotopic (exact) mass is 530 g/mol. The minimum absolute atomic E-state index is 0.222. The third kappa shape index (κ3) is 13.0. The molecule has 0 spiro atoms. The van der Waals surface area contributed by atoms with E-state index in [1.54, 1.807) is 0 Å². The Morgan fingerprint density at radius 3 is 1.47 bits per heavy atom. The summed E-state index contributed by atoms with van der Waals surface area (Å²) in [4.78, 5) is 12.4. The molecule has 0 aliphatic carbocycles. The summed E-state index contributed by atoms with van der Waals surface area (Å²) in [7, 11) is 0. The Hall–Kier alpha value is -1.51. The Labute approximate surface area is 236 Å². The standard InChI is InChI=1S/C35H62O3/c1-9-11-12-13-14-15-16-17-18-19-20-21-22-23-24-25-26-28-30(36)27-29(34(3,4)5)33(38-31(37)10-2)32(28)35(6,7)8/h27,36H,9-26H2,1-8H3. The highest BCUT2D eigenvalue weighted by Gasteiger charge is 2.32. The van der Waals surface area contributed by atoms with Crippen LogP contribution in [0.4, 0.5) is 0 Å². The van der Waals surface area contributed by atoms with Crippen LogP contribution in [0.15, 0.2) is 6.07 Å². The van der Waals surface area contributed by atoms with Crippen LogP contribution < -0.4 is 4.74 Å². The maximum absolute atomic E-state index is 12.4. The van der Waals surface area contributed by atoms with Crippen LogP contribution in [0.2, 0.25) is 0 Å². The molecule has 1 aromatic rings. The van der Waals surface area contributed by atoms with Crippen molar-refractivity contribution in [2.75, 3.05) is 0 Å². The van der Waals surface area contributed by atoms with Gasteiger partial charge >= 0.3 is 5.97 Å². The SMILES string of the molecule is CCCCCCCCCCCCCCCCCCc1c(O)cc(C(C)(C)C)c(OC(=O)CC)c1C(C)(C)C. The molecule has 0 aliphatic heterocycles. The van der Waals surface area contributed by atoms with E-state index >= 15 is 0 Å². The summed E-state index contributed by atoms with van der Waals surface area (Å²) >= 11 is 0. The summed E-state index contributed by atoms with van der Waals surface area (Å²) in [6.45, 7) is 16.9. The van der Waals surface area contributed by atoms with Gasteiger partial charge in [0.2, 0.25) is 0 Å². The van der Waals surface area contributed by atoms with Gasteiger partial charge in [-0.05, 0) is 29.7 Å². The van der Waals surface area contributed by atoms with Crippen molar-refractivity contribution in [2.45, 2.75) is 182 Å². The van der Waals surface area contributed by atoms with Crippen LogP contribution in [-0.2, 0) is 22.0 Å². The van der Waals surface area contributed by atoms with Crippen LogP contribution in [0.25, 0.3) is 0 Å². The van der Waals surface area contributed by atoms with Gasteiger partial charge in [-0.3, -0.25) is 4.79 Å². The quantitative estimate of drug-likeness (QED) is 0.110. The summed E-state index contributed by atoms with van der Waals surface area (Å²) in [5.41, 5.74) is 2.36. The second kappa shape index (κ2) is 18.0. The average molecular weight is 531 g/mol. The lowest BCUT2D eigenvalue weighted by atomic mass is 9.76. The number of hydrogen-bond acceptors (Lipinski definition) is 3. The van der Waals surface area contributed by atoms with Crippen molar-refractivity contribution in [3.63, 3.8) is 0 Å². The number of hydrogen-bond donors (Lipinski definition) is 1. The summed E-state index contributed by atoms with van der Waals surface area (Å²) < 4.78 is 5.96. The number of esters is 1. The second-order valence-electron chi connectivity index (χ2n) is 13.5. The highest BCUT2D eigenvalue weighted by Crippen LogP contribution is 2.46. The molecule has 0 fully saturated rings. The average Bonchev–Trinajstić information content (AvgIpc) is 2.83. The van der Waals surface area contributed by atoms with Crippen LogP contribution in [0.5, 0.6) is 11.5 Å². The zero-order chi connectivity index (χ0) is 28.6. The highest BCUT2D eigenvalue weighted by atomic mass is 16.5. The molecule has 0 amide bonds. The van der Waals surface area contributed by atoms with E-state index in [0.29, 0.717) is 17.9 Å². The third-order valence-electron chi connectivity index (χ3n) is 7.71. The molecule has 1 aromatic carbocycles. The first-order chi connectivity index (χ1) is 17.9. The molecule has 0 unspecified atom stereocenters. The van der Waals surface area contributed by atoms with Crippen molar-refractivity contribution >= 4 is 5.97 Å². The Bertz CT molecular complexity index is 795. The number of benzene rings is 1. The van der Waals surface area contributed by atoms with Gasteiger partial charge in [0.05, 0.1) is 0 Å². The van der Waals surface area contributed by atoms with Gasteiger partial charge in [0.25, 0.3) is 0 Å². The molecular formula is C35H62O3. The minimum atomic E-state index is -0.244. The van der Waals surface area contributed by atoms with Crippen molar-refractivity contribution in [3.8, 4) is 11.5 Å². The Morgan fingerprint density at radius 1 is 0.684 bits per heavy atom. The zero-order valence-corrected chi connectivity index (χ0v) is 26.6. The van der Waals surface area contributed by atoms with Crippen LogP contribution in [-0.4, -0.2) is 11.1 Å². The number of unbranched alkanes of at least 4 members (excludes halogenated alkanes) is 15. The Balaban J connectivity index is 2.52. The first kappa shape index (κ1) is 34.5. The number of carbonyl (C=O) groups excluding carboxylic acids is 1. The molecule has 0 heterocycles. The molecule has 1 N–H and O–H groups in total. The van der Waals surface area contributed by atoms with E-state index in [4.69, 9.17) is 4.74 Å². The molecule has 0 saturated carbocycles. The van der Waals surface area contributed by atoms with Crippen molar-refractivity contribution in [1.29, 1.82) is 0 Å². The van der Waals surface area contributed by atoms with Gasteiger partial charge in [-0.15, -0.1) is 0 Å². The predicted octanol–water partition coefficient (Wildman–Crippen LogP) is 11.1. The summed E-state index contributed by atoms with van der Waals surface area (Å²) in [6.07, 6.45) is 22.7. The van der Waals surface area contributed by atoms with Crippen LogP contribution in [0.3, 0.4) is 0 Å². The van der Waals surface area contributed by atoms with E-state index in [-0.39, 0.29) is 16.8 Å². The molecular weight excluding hydrogens is 468 g/mol. The van der Waals surface area contributed by atoms with Gasteiger partial charge in [-0.25, -0.2) is 0 Å². The molecule has 0 aromatic heterocycles. The molecule has 1 rings (SSSR count). The fourth-order valence-electron chi connectivity index (χ4n) is 5.43. The van der Waals surface area contributed by atoms with E-state index in [1.807, 2.05) is 13.0 Å². The van der Waals surface area contributed by atoms with E-state index in [0.717, 1.165) is 29.5 Å². The fraction of sp³-hybridized carbons (Fsp3) is 0.800. The van der Waals surface area contributed by atoms with Crippen molar-refractivity contribution < 1.29 is 14.6 Å². The molecule has 0 aliphatic rings. The lowest BCUT2D eigenvalue weighted by molar-refractivity contribution is -0.134. The van der Waals surface area contributed by atoms with Crippen molar-refractivity contribution in [3.05, 3.63) is 22.8 Å². The van der Waals surface area contributed by atoms with Crippen molar-refractivity contribution in [1.82, 2.24) is 0 Å². The minimum Gasteiger partial charge on any atom is -0.508 e. The van der Waals surface area contributed by atoms with Gasteiger partial charge in [-0.2, -0.15) is 0 Å². The molecule has 0 atom stereocenters. The lowest BCUT2D eigenvalue weighted by Crippen LogP contribution is -2.23. The normalized spacial score (nSPS) is 12.2. The van der Waals surface area contributed by atoms with Crippen LogP contribution in [0.1, 0.15) is 181 Å². The number of carbonyl (C=O) groups is 1. The zero-order valence-electron chi connectivity index (χ0n) is 26.6. The summed E-state index contributed by atoms with van der Waals surface area (Å²) in [5.74, 6) is 0.790. The smallest absolute Gasteiger partial charge is 0.310 e. The maximum atomic E-state index is 12.4. The Kier molecular flexibility index (Phi) is 16.3. The lowest BCUT2D eigenvalue weighted by Gasteiger charge is -2.32. The van der Waals surface area contributed by atoms with Gasteiger partial charge in [0, 0.05) is 23.1 Å². The molecule has 0 bridgehead atoms. The fourth-order valence-corrected chi connectivity index (χ4v) is 5.43. The van der Waals surface area contributed by atoms with Gasteiger partial charge in [-0.1, -0.05) is 152 Å². The molecule has 0 radical (unpaired) electrons. The van der Waals surface area contributed by atoms with E-state index in [2.05, 4.69) is 48.5 Å². The molecule has 3 heteroatoms.